The molecular weight excluding hydrogens is 161 g/mol. The molecule has 0 unspecified atom stereocenters. The Morgan fingerprint density at radius 3 is 1.67 bits per heavy atom. The molecule has 0 radical (unpaired) electrons. The average molecular weight is 168 g/mol. The number of rotatable bonds is 2. The minimum atomic E-state index is -4.01. The van der Waals surface area contributed by atoms with E-state index in [1.165, 1.54) is 0 Å². The van der Waals surface area contributed by atoms with Crippen LogP contribution in [0.3, 0.4) is 0 Å². The normalized spacial score (nSPS) is 11.3. The Labute approximate surface area is 55.6 Å². The van der Waals surface area contributed by atoms with Crippen LogP contribution in [0.2, 0.25) is 0 Å². The van der Waals surface area contributed by atoms with Gasteiger partial charge >= 0.3 is 12.3 Å². The summed E-state index contributed by atoms with van der Waals surface area (Å²) in [5, 5.41) is 0. The number of nitrogens with two attached hydrogens (primary N) is 1. The van der Waals surface area contributed by atoms with Gasteiger partial charge in [-0.15, -0.1) is 12.4 Å². The third-order valence-electron chi connectivity index (χ3n) is 0.591. The summed E-state index contributed by atoms with van der Waals surface area (Å²) in [6, 6.07) is 0. The van der Waals surface area contributed by atoms with Gasteiger partial charge in [0, 0.05) is 0 Å². The second-order valence-electron chi connectivity index (χ2n) is 1.27. The van der Waals surface area contributed by atoms with Gasteiger partial charge in [0.05, 0.1) is 6.54 Å². The minimum absolute atomic E-state index is 0. The van der Waals surface area contributed by atoms with E-state index >= 15 is 0 Å². The average Bonchev–Trinajstić information content (AvgIpc) is 1.67. The fourth-order valence-corrected chi connectivity index (χ4v) is 0.0891. The SMILES string of the molecule is Cl.NCC(F)(F)C(F)F. The van der Waals surface area contributed by atoms with Gasteiger partial charge in [0.2, 0.25) is 0 Å². The Bertz CT molecular complexity index is 76.2. The van der Waals surface area contributed by atoms with Crippen LogP contribution in [0.5, 0.6) is 0 Å². The van der Waals surface area contributed by atoms with E-state index in [4.69, 9.17) is 0 Å². The minimum Gasteiger partial charge on any atom is -0.325 e. The van der Waals surface area contributed by atoms with Crippen molar-refractivity contribution in [1.82, 2.24) is 0 Å². The van der Waals surface area contributed by atoms with E-state index < -0.39 is 18.9 Å². The molecular formula is C3H6ClF4N. The first-order chi connectivity index (χ1) is 3.50. The van der Waals surface area contributed by atoms with Crippen LogP contribution in [0.1, 0.15) is 0 Å². The highest BCUT2D eigenvalue weighted by atomic mass is 35.5. The lowest BCUT2D eigenvalue weighted by Crippen LogP contribution is -2.35. The first-order valence-electron chi connectivity index (χ1n) is 1.86. The van der Waals surface area contributed by atoms with E-state index in [1.807, 2.05) is 0 Å². The van der Waals surface area contributed by atoms with Crippen molar-refractivity contribution in [3.05, 3.63) is 0 Å². The Hall–Kier alpha value is -0.0300. The molecule has 1 nitrogen and oxygen atoms in total. The van der Waals surface area contributed by atoms with Crippen LogP contribution < -0.4 is 5.73 Å². The lowest BCUT2D eigenvalue weighted by molar-refractivity contribution is -0.120. The van der Waals surface area contributed by atoms with E-state index in [1.54, 1.807) is 0 Å². The number of hydrogen-bond acceptors (Lipinski definition) is 1. The van der Waals surface area contributed by atoms with Gasteiger partial charge in [-0.1, -0.05) is 0 Å². The number of hydrogen-bond donors (Lipinski definition) is 1. The molecule has 0 fully saturated rings. The van der Waals surface area contributed by atoms with Gasteiger partial charge in [0.15, 0.2) is 0 Å². The number of halogens is 5. The first-order valence-corrected chi connectivity index (χ1v) is 1.86. The molecule has 0 aliphatic heterocycles. The predicted molar refractivity (Wildman–Crippen MR) is 27.3 cm³/mol. The molecule has 0 heterocycles. The van der Waals surface area contributed by atoms with Gasteiger partial charge < -0.3 is 5.73 Å². The molecule has 0 atom stereocenters. The van der Waals surface area contributed by atoms with Gasteiger partial charge in [0.25, 0.3) is 0 Å². The maximum atomic E-state index is 11.4. The van der Waals surface area contributed by atoms with Crippen LogP contribution in [0.25, 0.3) is 0 Å². The lowest BCUT2D eigenvalue weighted by Gasteiger charge is -2.10. The van der Waals surface area contributed by atoms with Crippen molar-refractivity contribution in [1.29, 1.82) is 0 Å². The van der Waals surface area contributed by atoms with Gasteiger partial charge in [-0.05, 0) is 0 Å². The highest BCUT2D eigenvalue weighted by molar-refractivity contribution is 5.85. The smallest absolute Gasteiger partial charge is 0.319 e. The van der Waals surface area contributed by atoms with Crippen molar-refractivity contribution < 1.29 is 17.6 Å². The quantitative estimate of drug-likeness (QED) is 0.616. The van der Waals surface area contributed by atoms with Crippen molar-refractivity contribution in [3.8, 4) is 0 Å². The first kappa shape index (κ1) is 11.7. The maximum Gasteiger partial charge on any atom is 0.319 e. The predicted octanol–water partition coefficient (Wildman–Crippen LogP) is 1.27. The van der Waals surface area contributed by atoms with Crippen molar-refractivity contribution in [2.24, 2.45) is 5.73 Å². The molecule has 2 N–H and O–H groups in total. The van der Waals surface area contributed by atoms with E-state index in [9.17, 15) is 17.6 Å². The van der Waals surface area contributed by atoms with Crippen LogP contribution in [0, 0.1) is 0 Å². The highest BCUT2D eigenvalue weighted by Crippen LogP contribution is 2.20. The van der Waals surface area contributed by atoms with Crippen molar-refractivity contribution in [2.75, 3.05) is 6.54 Å². The second kappa shape index (κ2) is 3.90. The van der Waals surface area contributed by atoms with Gasteiger partial charge in [0.1, 0.15) is 0 Å². The highest BCUT2D eigenvalue weighted by Gasteiger charge is 2.38. The van der Waals surface area contributed by atoms with Gasteiger partial charge in [-0.3, -0.25) is 0 Å². The van der Waals surface area contributed by atoms with Crippen molar-refractivity contribution >= 4 is 12.4 Å². The zero-order valence-electron chi connectivity index (χ0n) is 4.28. The summed E-state index contributed by atoms with van der Waals surface area (Å²) in [5.74, 6) is -4.01. The molecule has 0 aromatic rings. The number of alkyl halides is 4. The van der Waals surface area contributed by atoms with Crippen molar-refractivity contribution in [2.45, 2.75) is 12.3 Å². The summed E-state index contributed by atoms with van der Waals surface area (Å²) < 4.78 is 44.8. The fraction of sp³-hybridized carbons (Fsp3) is 1.00. The fourth-order valence-electron chi connectivity index (χ4n) is 0.0891. The second-order valence-corrected chi connectivity index (χ2v) is 1.27. The standard InChI is InChI=1S/C3H5F4N.ClH/c4-2(5)3(6,7)1-8;/h2H,1,8H2;1H. The summed E-state index contributed by atoms with van der Waals surface area (Å²) in [7, 11) is 0. The Kier molecular flexibility index (Phi) is 5.08. The molecule has 0 aliphatic rings. The third-order valence-corrected chi connectivity index (χ3v) is 0.591. The third kappa shape index (κ3) is 3.53. The zero-order valence-corrected chi connectivity index (χ0v) is 5.10. The molecule has 6 heteroatoms. The maximum absolute atomic E-state index is 11.4. The summed E-state index contributed by atoms with van der Waals surface area (Å²) in [4.78, 5) is 0. The van der Waals surface area contributed by atoms with Crippen LogP contribution in [0.15, 0.2) is 0 Å². The van der Waals surface area contributed by atoms with E-state index in [0.717, 1.165) is 0 Å². The molecule has 0 aromatic heterocycles. The lowest BCUT2D eigenvalue weighted by atomic mass is 10.4. The van der Waals surface area contributed by atoms with E-state index in [0.29, 0.717) is 0 Å². The molecule has 0 saturated heterocycles. The molecule has 9 heavy (non-hydrogen) atoms. The molecule has 0 aromatic carbocycles. The Morgan fingerprint density at radius 1 is 1.33 bits per heavy atom. The molecule has 0 saturated carbocycles. The topological polar surface area (TPSA) is 26.0 Å². The van der Waals surface area contributed by atoms with E-state index in [-0.39, 0.29) is 12.4 Å². The largest absolute Gasteiger partial charge is 0.325 e. The summed E-state index contributed by atoms with van der Waals surface area (Å²) in [5.41, 5.74) is 4.28. The molecule has 0 bridgehead atoms. The Balaban J connectivity index is 0. The Morgan fingerprint density at radius 2 is 1.67 bits per heavy atom. The zero-order chi connectivity index (χ0) is 6.78. The van der Waals surface area contributed by atoms with Crippen LogP contribution >= 0.6 is 12.4 Å². The molecule has 0 spiro atoms. The van der Waals surface area contributed by atoms with Crippen molar-refractivity contribution in [3.63, 3.8) is 0 Å². The molecule has 0 amide bonds. The summed E-state index contributed by atoms with van der Waals surface area (Å²) in [6.07, 6.45) is -3.65. The molecule has 0 aliphatic carbocycles. The monoisotopic (exact) mass is 167 g/mol. The van der Waals surface area contributed by atoms with Gasteiger partial charge in [-0.25, -0.2) is 8.78 Å². The van der Waals surface area contributed by atoms with Gasteiger partial charge in [-0.2, -0.15) is 8.78 Å². The summed E-state index contributed by atoms with van der Waals surface area (Å²) >= 11 is 0. The van der Waals surface area contributed by atoms with E-state index in [2.05, 4.69) is 5.73 Å². The summed E-state index contributed by atoms with van der Waals surface area (Å²) in [6.45, 7) is -1.30. The molecule has 0 rings (SSSR count). The van der Waals surface area contributed by atoms with Crippen LogP contribution in [0.4, 0.5) is 17.6 Å². The molecule has 58 valence electrons. The van der Waals surface area contributed by atoms with Crippen LogP contribution in [-0.2, 0) is 0 Å². The van der Waals surface area contributed by atoms with Crippen LogP contribution in [-0.4, -0.2) is 18.9 Å².